The molecule has 9 heavy (non-hydrogen) atoms. The van der Waals surface area contributed by atoms with E-state index in [9.17, 15) is 0 Å². The van der Waals surface area contributed by atoms with Crippen molar-refractivity contribution in [1.82, 2.24) is 5.43 Å². The normalized spacial score (nSPS) is 42.3. The van der Waals surface area contributed by atoms with E-state index in [2.05, 4.69) is 19.3 Å². The van der Waals surface area contributed by atoms with Gasteiger partial charge in [0.1, 0.15) is 0 Å². The molecule has 54 valence electrons. The molecule has 3 N–H and O–H groups in total. The van der Waals surface area contributed by atoms with Crippen LogP contribution in [0.25, 0.3) is 0 Å². The van der Waals surface area contributed by atoms with Crippen LogP contribution in [0.2, 0.25) is 0 Å². The molecule has 0 heterocycles. The van der Waals surface area contributed by atoms with Crippen LogP contribution < -0.4 is 11.3 Å². The van der Waals surface area contributed by atoms with Crippen LogP contribution in [0.4, 0.5) is 0 Å². The van der Waals surface area contributed by atoms with Crippen LogP contribution in [-0.4, -0.2) is 6.04 Å². The third-order valence-corrected chi connectivity index (χ3v) is 2.51. The van der Waals surface area contributed by atoms with Gasteiger partial charge in [-0.3, -0.25) is 11.3 Å². The van der Waals surface area contributed by atoms with Crippen LogP contribution in [-0.2, 0) is 0 Å². The van der Waals surface area contributed by atoms with E-state index in [1.54, 1.807) is 0 Å². The number of hydrogen-bond donors (Lipinski definition) is 2. The zero-order valence-electron chi connectivity index (χ0n) is 6.22. The second-order valence-electron chi connectivity index (χ2n) is 3.07. The molecule has 2 heteroatoms. The number of hydrazine groups is 1. The molecule has 0 aliphatic heterocycles. The van der Waals surface area contributed by atoms with Gasteiger partial charge >= 0.3 is 0 Å². The molecular formula is C7H16N2. The maximum absolute atomic E-state index is 5.34. The van der Waals surface area contributed by atoms with Crippen molar-refractivity contribution in [2.24, 2.45) is 17.7 Å². The first-order valence-electron chi connectivity index (χ1n) is 3.75. The molecule has 0 aromatic rings. The molecule has 0 spiro atoms. The quantitative estimate of drug-likeness (QED) is 0.428. The van der Waals surface area contributed by atoms with E-state index in [1.165, 1.54) is 12.8 Å². The lowest BCUT2D eigenvalue weighted by atomic mass is 9.70. The molecule has 3 atom stereocenters. The van der Waals surface area contributed by atoms with E-state index in [1.807, 2.05) is 0 Å². The third-order valence-electron chi connectivity index (χ3n) is 2.51. The second kappa shape index (κ2) is 2.67. The summed E-state index contributed by atoms with van der Waals surface area (Å²) < 4.78 is 0. The standard InChI is InChI=1S/C7H16N2/c1-3-6-4-5(2)7(6)9-8/h5-7,9H,3-4,8H2,1-2H3. The largest absolute Gasteiger partial charge is 0.271 e. The molecule has 0 saturated heterocycles. The van der Waals surface area contributed by atoms with Crippen LogP contribution in [0.15, 0.2) is 0 Å². The molecule has 1 rings (SSSR count). The van der Waals surface area contributed by atoms with Crippen LogP contribution in [0, 0.1) is 11.8 Å². The van der Waals surface area contributed by atoms with Gasteiger partial charge in [-0.1, -0.05) is 20.3 Å². The SMILES string of the molecule is CCC1CC(C)C1NN. The molecule has 0 aromatic carbocycles. The molecule has 0 radical (unpaired) electrons. The second-order valence-corrected chi connectivity index (χ2v) is 3.07. The molecule has 0 bridgehead atoms. The summed E-state index contributed by atoms with van der Waals surface area (Å²) in [5, 5.41) is 0. The third kappa shape index (κ3) is 1.10. The summed E-state index contributed by atoms with van der Waals surface area (Å²) in [5.74, 6) is 6.97. The van der Waals surface area contributed by atoms with E-state index < -0.39 is 0 Å². The van der Waals surface area contributed by atoms with Crippen molar-refractivity contribution in [3.63, 3.8) is 0 Å². The lowest BCUT2D eigenvalue weighted by Crippen LogP contribution is -2.53. The molecule has 2 nitrogen and oxygen atoms in total. The van der Waals surface area contributed by atoms with E-state index in [-0.39, 0.29) is 0 Å². The topological polar surface area (TPSA) is 38.0 Å². The van der Waals surface area contributed by atoms with E-state index >= 15 is 0 Å². The molecule has 1 aliphatic rings. The Morgan fingerprint density at radius 1 is 1.67 bits per heavy atom. The average Bonchev–Trinajstić information content (AvgIpc) is 1.83. The Labute approximate surface area is 56.8 Å². The highest BCUT2D eigenvalue weighted by atomic mass is 15.2. The highest BCUT2D eigenvalue weighted by Crippen LogP contribution is 2.35. The fraction of sp³-hybridized carbons (Fsp3) is 1.00. The minimum atomic E-state index is 0.593. The van der Waals surface area contributed by atoms with E-state index in [0.717, 1.165) is 11.8 Å². The van der Waals surface area contributed by atoms with E-state index in [0.29, 0.717) is 6.04 Å². The maximum Gasteiger partial charge on any atom is 0.0264 e. The Morgan fingerprint density at radius 2 is 2.33 bits per heavy atom. The minimum Gasteiger partial charge on any atom is -0.271 e. The van der Waals surface area contributed by atoms with Crippen molar-refractivity contribution >= 4 is 0 Å². The first-order valence-corrected chi connectivity index (χ1v) is 3.75. The average molecular weight is 128 g/mol. The van der Waals surface area contributed by atoms with Gasteiger partial charge in [-0.25, -0.2) is 0 Å². The summed E-state index contributed by atoms with van der Waals surface area (Å²) in [4.78, 5) is 0. The fourth-order valence-electron chi connectivity index (χ4n) is 1.76. The summed E-state index contributed by atoms with van der Waals surface area (Å²) in [6.07, 6.45) is 2.62. The summed E-state index contributed by atoms with van der Waals surface area (Å²) in [7, 11) is 0. The van der Waals surface area contributed by atoms with Gasteiger partial charge in [0, 0.05) is 6.04 Å². The van der Waals surface area contributed by atoms with Gasteiger partial charge in [0.05, 0.1) is 0 Å². The smallest absolute Gasteiger partial charge is 0.0264 e. The number of hydrogen-bond acceptors (Lipinski definition) is 2. The summed E-state index contributed by atoms with van der Waals surface area (Å²) in [6.45, 7) is 4.47. The molecule has 0 aromatic heterocycles. The minimum absolute atomic E-state index is 0.593. The molecule has 1 saturated carbocycles. The maximum atomic E-state index is 5.34. The van der Waals surface area contributed by atoms with Gasteiger partial charge in [-0.05, 0) is 18.3 Å². The van der Waals surface area contributed by atoms with Gasteiger partial charge in [-0.2, -0.15) is 0 Å². The Hall–Kier alpha value is -0.0800. The Kier molecular flexibility index (Phi) is 2.09. The van der Waals surface area contributed by atoms with Gasteiger partial charge in [-0.15, -0.1) is 0 Å². The van der Waals surface area contributed by atoms with Crippen molar-refractivity contribution in [2.75, 3.05) is 0 Å². The Morgan fingerprint density at radius 3 is 2.56 bits per heavy atom. The molecule has 3 unspecified atom stereocenters. The molecular weight excluding hydrogens is 112 g/mol. The Balaban J connectivity index is 2.29. The van der Waals surface area contributed by atoms with E-state index in [4.69, 9.17) is 5.84 Å². The summed E-state index contributed by atoms with van der Waals surface area (Å²) in [6, 6.07) is 0.593. The fourth-order valence-corrected chi connectivity index (χ4v) is 1.76. The first-order chi connectivity index (χ1) is 4.29. The van der Waals surface area contributed by atoms with Crippen LogP contribution in [0.5, 0.6) is 0 Å². The van der Waals surface area contributed by atoms with Gasteiger partial charge in [0.15, 0.2) is 0 Å². The molecule has 0 amide bonds. The summed E-state index contributed by atoms with van der Waals surface area (Å²) >= 11 is 0. The predicted octanol–water partition coefficient (Wildman–Crippen LogP) is 0.884. The monoisotopic (exact) mass is 128 g/mol. The highest BCUT2D eigenvalue weighted by molar-refractivity contribution is 4.89. The first kappa shape index (κ1) is 7.03. The van der Waals surface area contributed by atoms with Crippen LogP contribution in [0.3, 0.4) is 0 Å². The van der Waals surface area contributed by atoms with Crippen molar-refractivity contribution in [3.8, 4) is 0 Å². The van der Waals surface area contributed by atoms with Gasteiger partial charge in [0.2, 0.25) is 0 Å². The molecule has 1 aliphatic carbocycles. The number of nitrogens with two attached hydrogens (primary N) is 1. The Bertz CT molecular complexity index is 92.9. The van der Waals surface area contributed by atoms with Crippen LogP contribution in [0.1, 0.15) is 26.7 Å². The molecule has 1 fully saturated rings. The van der Waals surface area contributed by atoms with Crippen LogP contribution >= 0.6 is 0 Å². The summed E-state index contributed by atoms with van der Waals surface area (Å²) in [5.41, 5.74) is 2.85. The van der Waals surface area contributed by atoms with Crippen molar-refractivity contribution in [3.05, 3.63) is 0 Å². The van der Waals surface area contributed by atoms with Gasteiger partial charge in [0.25, 0.3) is 0 Å². The zero-order chi connectivity index (χ0) is 6.85. The predicted molar refractivity (Wildman–Crippen MR) is 38.7 cm³/mol. The van der Waals surface area contributed by atoms with Gasteiger partial charge < -0.3 is 0 Å². The van der Waals surface area contributed by atoms with Crippen molar-refractivity contribution in [2.45, 2.75) is 32.7 Å². The number of rotatable bonds is 2. The van der Waals surface area contributed by atoms with Crippen molar-refractivity contribution in [1.29, 1.82) is 0 Å². The lowest BCUT2D eigenvalue weighted by molar-refractivity contribution is 0.121. The number of nitrogens with one attached hydrogen (secondary N) is 1. The lowest BCUT2D eigenvalue weighted by Gasteiger charge is -2.42. The van der Waals surface area contributed by atoms with Crippen molar-refractivity contribution < 1.29 is 0 Å². The highest BCUT2D eigenvalue weighted by Gasteiger charge is 2.35. The zero-order valence-corrected chi connectivity index (χ0v) is 6.22.